The van der Waals surface area contributed by atoms with Crippen molar-refractivity contribution in [3.8, 4) is 12.3 Å². The van der Waals surface area contributed by atoms with E-state index in [-0.39, 0.29) is 11.5 Å². The van der Waals surface area contributed by atoms with Crippen LogP contribution >= 0.6 is 0 Å². The lowest BCUT2D eigenvalue weighted by atomic mass is 9.87. The highest BCUT2D eigenvalue weighted by atomic mass is 15.1. The summed E-state index contributed by atoms with van der Waals surface area (Å²) in [5.74, 6) is 2.65. The fourth-order valence-corrected chi connectivity index (χ4v) is 0.987. The number of terminal acetylenes is 1. The lowest BCUT2D eigenvalue weighted by Gasteiger charge is -2.31. The largest absolute Gasteiger partial charge is 0.326 e. The average molecular weight is 182 g/mol. The molecular weight excluding hydrogens is 160 g/mol. The Morgan fingerprint density at radius 3 is 2.31 bits per heavy atom. The lowest BCUT2D eigenvalue weighted by Crippen LogP contribution is -2.45. The Morgan fingerprint density at radius 2 is 2.00 bits per heavy atom. The molecule has 2 N–H and O–H groups in total. The van der Waals surface area contributed by atoms with Crippen LogP contribution < -0.4 is 5.73 Å². The van der Waals surface area contributed by atoms with E-state index in [0.29, 0.717) is 6.54 Å². The molecule has 0 rings (SSSR count). The quantitative estimate of drug-likeness (QED) is 0.664. The molecule has 0 heterocycles. The van der Waals surface area contributed by atoms with Gasteiger partial charge in [0, 0.05) is 12.6 Å². The first-order valence-corrected chi connectivity index (χ1v) is 4.83. The van der Waals surface area contributed by atoms with Gasteiger partial charge in [-0.15, -0.1) is 6.42 Å². The zero-order valence-corrected chi connectivity index (χ0v) is 9.30. The molecule has 13 heavy (non-hydrogen) atoms. The van der Waals surface area contributed by atoms with E-state index in [9.17, 15) is 0 Å². The molecule has 0 spiro atoms. The SMILES string of the molecule is C#CCN(CC)CC(N)C(C)(C)C. The summed E-state index contributed by atoms with van der Waals surface area (Å²) in [5.41, 5.74) is 6.20. The molecule has 0 saturated heterocycles. The van der Waals surface area contributed by atoms with Crippen molar-refractivity contribution in [3.63, 3.8) is 0 Å². The highest BCUT2D eigenvalue weighted by Gasteiger charge is 2.21. The van der Waals surface area contributed by atoms with Crippen molar-refractivity contribution in [2.75, 3.05) is 19.6 Å². The Bertz CT molecular complexity index is 174. The molecule has 0 aromatic rings. The summed E-state index contributed by atoms with van der Waals surface area (Å²) in [7, 11) is 0. The minimum Gasteiger partial charge on any atom is -0.326 e. The van der Waals surface area contributed by atoms with Crippen molar-refractivity contribution in [2.45, 2.75) is 33.7 Å². The van der Waals surface area contributed by atoms with Gasteiger partial charge in [0.2, 0.25) is 0 Å². The van der Waals surface area contributed by atoms with Gasteiger partial charge in [-0.25, -0.2) is 0 Å². The number of nitrogens with zero attached hydrogens (tertiary/aromatic N) is 1. The van der Waals surface area contributed by atoms with Gasteiger partial charge in [-0.2, -0.15) is 0 Å². The zero-order valence-electron chi connectivity index (χ0n) is 9.30. The van der Waals surface area contributed by atoms with E-state index in [1.165, 1.54) is 0 Å². The maximum atomic E-state index is 6.05. The second kappa shape index (κ2) is 5.26. The molecule has 0 aliphatic carbocycles. The molecule has 0 saturated carbocycles. The van der Waals surface area contributed by atoms with E-state index < -0.39 is 0 Å². The van der Waals surface area contributed by atoms with Crippen LogP contribution in [0.25, 0.3) is 0 Å². The number of rotatable bonds is 4. The Labute approximate surface area is 82.5 Å². The normalized spacial score (nSPS) is 14.2. The van der Waals surface area contributed by atoms with Gasteiger partial charge >= 0.3 is 0 Å². The predicted molar refractivity (Wildman–Crippen MR) is 58.4 cm³/mol. The Morgan fingerprint density at radius 1 is 1.46 bits per heavy atom. The third kappa shape index (κ3) is 4.92. The highest BCUT2D eigenvalue weighted by molar-refractivity contribution is 4.90. The van der Waals surface area contributed by atoms with Crippen molar-refractivity contribution in [1.82, 2.24) is 4.90 Å². The molecule has 1 atom stereocenters. The standard InChI is InChI=1S/C11H22N2/c1-6-8-13(7-2)9-10(12)11(3,4)5/h1,10H,7-9,12H2,2-5H3. The summed E-state index contributed by atoms with van der Waals surface area (Å²) in [5, 5.41) is 0. The van der Waals surface area contributed by atoms with E-state index in [1.54, 1.807) is 0 Å². The lowest BCUT2D eigenvalue weighted by molar-refractivity contribution is 0.221. The summed E-state index contributed by atoms with van der Waals surface area (Å²) in [6, 6.07) is 0.181. The fraction of sp³-hybridized carbons (Fsp3) is 0.818. The van der Waals surface area contributed by atoms with E-state index in [2.05, 4.69) is 38.5 Å². The van der Waals surface area contributed by atoms with Crippen LogP contribution in [0.15, 0.2) is 0 Å². The molecule has 0 aliphatic heterocycles. The van der Waals surface area contributed by atoms with Gasteiger partial charge in [0.25, 0.3) is 0 Å². The molecule has 2 heteroatoms. The van der Waals surface area contributed by atoms with Gasteiger partial charge in [0.15, 0.2) is 0 Å². The van der Waals surface area contributed by atoms with E-state index >= 15 is 0 Å². The van der Waals surface area contributed by atoms with Gasteiger partial charge in [0.1, 0.15) is 0 Å². The summed E-state index contributed by atoms with van der Waals surface area (Å²) in [6.45, 7) is 11.1. The number of hydrogen-bond donors (Lipinski definition) is 1. The van der Waals surface area contributed by atoms with Crippen LogP contribution in [0.3, 0.4) is 0 Å². The smallest absolute Gasteiger partial charge is 0.0599 e. The van der Waals surface area contributed by atoms with Crippen molar-refractivity contribution in [3.05, 3.63) is 0 Å². The van der Waals surface area contributed by atoms with Crippen LogP contribution in [0, 0.1) is 17.8 Å². The van der Waals surface area contributed by atoms with Gasteiger partial charge < -0.3 is 5.73 Å². The van der Waals surface area contributed by atoms with E-state index in [4.69, 9.17) is 12.2 Å². The zero-order chi connectivity index (χ0) is 10.5. The molecular formula is C11H22N2. The summed E-state index contributed by atoms with van der Waals surface area (Å²) in [4.78, 5) is 2.19. The number of likely N-dealkylation sites (N-methyl/N-ethyl adjacent to an activating group) is 1. The topological polar surface area (TPSA) is 29.3 Å². The van der Waals surface area contributed by atoms with Crippen LogP contribution in [0.2, 0.25) is 0 Å². The van der Waals surface area contributed by atoms with Crippen molar-refractivity contribution >= 4 is 0 Å². The number of hydrogen-bond acceptors (Lipinski definition) is 2. The molecule has 1 unspecified atom stereocenters. The van der Waals surface area contributed by atoms with Gasteiger partial charge in [-0.1, -0.05) is 33.6 Å². The van der Waals surface area contributed by atoms with Crippen molar-refractivity contribution in [1.29, 1.82) is 0 Å². The van der Waals surface area contributed by atoms with Gasteiger partial charge in [0.05, 0.1) is 6.54 Å². The summed E-state index contributed by atoms with van der Waals surface area (Å²) < 4.78 is 0. The van der Waals surface area contributed by atoms with Crippen LogP contribution in [0.5, 0.6) is 0 Å². The molecule has 0 fully saturated rings. The van der Waals surface area contributed by atoms with Crippen LogP contribution in [0.4, 0.5) is 0 Å². The van der Waals surface area contributed by atoms with Crippen molar-refractivity contribution in [2.24, 2.45) is 11.1 Å². The average Bonchev–Trinajstić information content (AvgIpc) is 2.01. The minimum atomic E-state index is 0.155. The third-order valence-electron chi connectivity index (χ3n) is 2.33. The third-order valence-corrected chi connectivity index (χ3v) is 2.33. The van der Waals surface area contributed by atoms with E-state index in [1.807, 2.05) is 0 Å². The number of nitrogens with two attached hydrogens (primary N) is 1. The first-order chi connectivity index (χ1) is 5.91. The molecule has 0 radical (unpaired) electrons. The maximum absolute atomic E-state index is 6.05. The highest BCUT2D eigenvalue weighted by Crippen LogP contribution is 2.17. The molecule has 0 bridgehead atoms. The summed E-state index contributed by atoms with van der Waals surface area (Å²) >= 11 is 0. The van der Waals surface area contributed by atoms with Gasteiger partial charge in [-0.05, 0) is 12.0 Å². The predicted octanol–water partition coefficient (Wildman–Crippen LogP) is 1.31. The maximum Gasteiger partial charge on any atom is 0.0599 e. The molecule has 2 nitrogen and oxygen atoms in total. The summed E-state index contributed by atoms with van der Waals surface area (Å²) in [6.07, 6.45) is 5.26. The van der Waals surface area contributed by atoms with Crippen LogP contribution in [-0.2, 0) is 0 Å². The Hall–Kier alpha value is -0.520. The van der Waals surface area contributed by atoms with Crippen LogP contribution in [0.1, 0.15) is 27.7 Å². The molecule has 0 aromatic carbocycles. The molecule has 0 aliphatic rings. The second-order valence-electron chi connectivity index (χ2n) is 4.50. The van der Waals surface area contributed by atoms with Crippen molar-refractivity contribution < 1.29 is 0 Å². The second-order valence-corrected chi connectivity index (χ2v) is 4.50. The monoisotopic (exact) mass is 182 g/mol. The molecule has 76 valence electrons. The Balaban J connectivity index is 4.02. The first-order valence-electron chi connectivity index (χ1n) is 4.83. The van der Waals surface area contributed by atoms with E-state index in [0.717, 1.165) is 13.1 Å². The molecule has 0 aromatic heterocycles. The molecule has 0 amide bonds. The van der Waals surface area contributed by atoms with Gasteiger partial charge in [-0.3, -0.25) is 4.90 Å². The first kappa shape index (κ1) is 12.5. The fourth-order valence-electron chi connectivity index (χ4n) is 0.987. The minimum absolute atomic E-state index is 0.155. The van der Waals surface area contributed by atoms with Crippen LogP contribution in [-0.4, -0.2) is 30.6 Å². The Kier molecular flexibility index (Phi) is 5.05.